The lowest BCUT2D eigenvalue weighted by molar-refractivity contribution is 0.243. The summed E-state index contributed by atoms with van der Waals surface area (Å²) in [5.74, 6) is 1.99. The molecular formula is C16H19Cl2NOS. The molecule has 1 atom stereocenters. The van der Waals surface area contributed by atoms with E-state index in [1.54, 1.807) is 24.1 Å². The molecule has 1 aromatic heterocycles. The van der Waals surface area contributed by atoms with Gasteiger partial charge in [-0.1, -0.05) is 23.2 Å². The minimum Gasteiger partial charge on any atom is -0.467 e. The Hall–Kier alpha value is -0.610. The zero-order valence-electron chi connectivity index (χ0n) is 12.4. The van der Waals surface area contributed by atoms with Crippen molar-refractivity contribution in [1.82, 2.24) is 4.90 Å². The second-order valence-electron chi connectivity index (χ2n) is 5.05. The van der Waals surface area contributed by atoms with Gasteiger partial charge >= 0.3 is 0 Å². The highest BCUT2D eigenvalue weighted by Gasteiger charge is 2.16. The van der Waals surface area contributed by atoms with E-state index in [-0.39, 0.29) is 6.04 Å². The maximum absolute atomic E-state index is 6.18. The molecule has 1 heterocycles. The Kier molecular flexibility index (Phi) is 6.06. The topological polar surface area (TPSA) is 16.4 Å². The molecule has 1 aromatic carbocycles. The fraction of sp³-hybridized carbons (Fsp3) is 0.375. The van der Waals surface area contributed by atoms with E-state index in [0.717, 1.165) is 23.0 Å². The number of nitrogens with zero attached hydrogens (tertiary/aromatic N) is 1. The van der Waals surface area contributed by atoms with Gasteiger partial charge in [0.1, 0.15) is 5.76 Å². The molecule has 0 bridgehead atoms. The SMILES string of the molecule is Cc1ccoc1C(C)N(C)CCSc1ccc(Cl)cc1Cl. The average molecular weight is 344 g/mol. The Balaban J connectivity index is 1.87. The summed E-state index contributed by atoms with van der Waals surface area (Å²) in [7, 11) is 2.11. The largest absolute Gasteiger partial charge is 0.467 e. The fourth-order valence-corrected chi connectivity index (χ4v) is 3.63. The Morgan fingerprint density at radius 1 is 1.29 bits per heavy atom. The molecule has 0 radical (unpaired) electrons. The Morgan fingerprint density at radius 3 is 2.67 bits per heavy atom. The molecule has 0 saturated carbocycles. The van der Waals surface area contributed by atoms with Crippen LogP contribution in [0.5, 0.6) is 0 Å². The van der Waals surface area contributed by atoms with E-state index < -0.39 is 0 Å². The van der Waals surface area contributed by atoms with Crippen LogP contribution in [0.15, 0.2) is 39.8 Å². The van der Waals surface area contributed by atoms with Crippen molar-refractivity contribution in [3.05, 3.63) is 51.9 Å². The molecule has 0 N–H and O–H groups in total. The van der Waals surface area contributed by atoms with Crippen molar-refractivity contribution in [2.75, 3.05) is 19.3 Å². The molecule has 5 heteroatoms. The second-order valence-corrected chi connectivity index (χ2v) is 7.03. The molecule has 2 nitrogen and oxygen atoms in total. The first-order chi connectivity index (χ1) is 9.99. The first kappa shape index (κ1) is 16.8. The third-order valence-electron chi connectivity index (χ3n) is 3.54. The van der Waals surface area contributed by atoms with Crippen molar-refractivity contribution >= 4 is 35.0 Å². The molecule has 0 fully saturated rings. The zero-order chi connectivity index (χ0) is 15.4. The second kappa shape index (κ2) is 7.59. The maximum Gasteiger partial charge on any atom is 0.123 e. The Morgan fingerprint density at radius 2 is 2.05 bits per heavy atom. The number of hydrogen-bond donors (Lipinski definition) is 0. The number of aryl methyl sites for hydroxylation is 1. The van der Waals surface area contributed by atoms with Crippen LogP contribution in [0.2, 0.25) is 10.0 Å². The summed E-state index contributed by atoms with van der Waals surface area (Å²) in [6, 6.07) is 7.89. The number of rotatable bonds is 6. The number of thioether (sulfide) groups is 1. The quantitative estimate of drug-likeness (QED) is 0.627. The van der Waals surface area contributed by atoms with Gasteiger partial charge in [0.2, 0.25) is 0 Å². The monoisotopic (exact) mass is 343 g/mol. The van der Waals surface area contributed by atoms with Gasteiger partial charge in [0, 0.05) is 22.2 Å². The van der Waals surface area contributed by atoms with Crippen LogP contribution in [0.25, 0.3) is 0 Å². The Labute approximate surface area is 140 Å². The van der Waals surface area contributed by atoms with E-state index in [9.17, 15) is 0 Å². The summed E-state index contributed by atoms with van der Waals surface area (Å²) >= 11 is 13.8. The van der Waals surface area contributed by atoms with Crippen molar-refractivity contribution in [3.8, 4) is 0 Å². The van der Waals surface area contributed by atoms with Gasteiger partial charge in [0.05, 0.1) is 17.3 Å². The minimum absolute atomic E-state index is 0.265. The van der Waals surface area contributed by atoms with Gasteiger partial charge in [-0.25, -0.2) is 0 Å². The summed E-state index contributed by atoms with van der Waals surface area (Å²) in [6.07, 6.45) is 1.75. The molecular weight excluding hydrogens is 325 g/mol. The van der Waals surface area contributed by atoms with Crippen LogP contribution in [-0.2, 0) is 0 Å². The summed E-state index contributed by atoms with van der Waals surface area (Å²) in [5.41, 5.74) is 1.20. The summed E-state index contributed by atoms with van der Waals surface area (Å²) < 4.78 is 5.56. The zero-order valence-corrected chi connectivity index (χ0v) is 14.7. The van der Waals surface area contributed by atoms with Gasteiger partial charge in [-0.05, 0) is 50.7 Å². The Bertz CT molecular complexity index is 600. The molecule has 0 aliphatic carbocycles. The van der Waals surface area contributed by atoms with Crippen LogP contribution >= 0.6 is 35.0 Å². The molecule has 0 aliphatic heterocycles. The van der Waals surface area contributed by atoms with Gasteiger partial charge in [-0.15, -0.1) is 11.8 Å². The van der Waals surface area contributed by atoms with E-state index in [1.165, 1.54) is 5.56 Å². The summed E-state index contributed by atoms with van der Waals surface area (Å²) in [6.45, 7) is 5.18. The lowest BCUT2D eigenvalue weighted by Crippen LogP contribution is -2.25. The normalized spacial score (nSPS) is 12.9. The van der Waals surface area contributed by atoms with Crippen molar-refractivity contribution in [2.45, 2.75) is 24.8 Å². The minimum atomic E-state index is 0.265. The first-order valence-electron chi connectivity index (χ1n) is 6.81. The average Bonchev–Trinajstić information content (AvgIpc) is 2.86. The molecule has 0 aliphatic rings. The van der Waals surface area contributed by atoms with E-state index in [0.29, 0.717) is 10.0 Å². The highest BCUT2D eigenvalue weighted by molar-refractivity contribution is 7.99. The number of hydrogen-bond acceptors (Lipinski definition) is 3. The van der Waals surface area contributed by atoms with Crippen LogP contribution in [0, 0.1) is 6.92 Å². The molecule has 0 amide bonds. The third-order valence-corrected chi connectivity index (χ3v) is 5.25. The van der Waals surface area contributed by atoms with E-state index in [1.807, 2.05) is 18.2 Å². The molecule has 114 valence electrons. The van der Waals surface area contributed by atoms with Gasteiger partial charge < -0.3 is 4.42 Å². The van der Waals surface area contributed by atoms with Crippen molar-refractivity contribution in [1.29, 1.82) is 0 Å². The van der Waals surface area contributed by atoms with Gasteiger partial charge in [-0.3, -0.25) is 4.90 Å². The lowest BCUT2D eigenvalue weighted by Gasteiger charge is -2.23. The maximum atomic E-state index is 6.18. The number of halogens is 2. The van der Waals surface area contributed by atoms with Gasteiger partial charge in [0.15, 0.2) is 0 Å². The molecule has 2 rings (SSSR count). The van der Waals surface area contributed by atoms with Crippen LogP contribution in [0.1, 0.15) is 24.3 Å². The summed E-state index contributed by atoms with van der Waals surface area (Å²) in [4.78, 5) is 3.35. The third kappa shape index (κ3) is 4.43. The van der Waals surface area contributed by atoms with Gasteiger partial charge in [0.25, 0.3) is 0 Å². The van der Waals surface area contributed by atoms with Crippen LogP contribution in [0.3, 0.4) is 0 Å². The predicted molar refractivity (Wildman–Crippen MR) is 91.7 cm³/mol. The lowest BCUT2D eigenvalue weighted by atomic mass is 10.1. The van der Waals surface area contributed by atoms with Crippen LogP contribution in [-0.4, -0.2) is 24.2 Å². The molecule has 21 heavy (non-hydrogen) atoms. The van der Waals surface area contributed by atoms with E-state index in [2.05, 4.69) is 25.8 Å². The first-order valence-corrected chi connectivity index (χ1v) is 8.55. The molecule has 0 spiro atoms. The van der Waals surface area contributed by atoms with Gasteiger partial charge in [-0.2, -0.15) is 0 Å². The van der Waals surface area contributed by atoms with Crippen molar-refractivity contribution in [3.63, 3.8) is 0 Å². The molecule has 2 aromatic rings. The molecule has 0 saturated heterocycles. The highest BCUT2D eigenvalue weighted by atomic mass is 35.5. The van der Waals surface area contributed by atoms with Crippen molar-refractivity contribution < 1.29 is 4.42 Å². The van der Waals surface area contributed by atoms with Crippen molar-refractivity contribution in [2.24, 2.45) is 0 Å². The highest BCUT2D eigenvalue weighted by Crippen LogP contribution is 2.30. The smallest absolute Gasteiger partial charge is 0.123 e. The van der Waals surface area contributed by atoms with Crippen LogP contribution in [0.4, 0.5) is 0 Å². The molecule has 1 unspecified atom stereocenters. The van der Waals surface area contributed by atoms with Crippen LogP contribution < -0.4 is 0 Å². The number of benzene rings is 1. The van der Waals surface area contributed by atoms with E-state index >= 15 is 0 Å². The fourth-order valence-electron chi connectivity index (χ4n) is 2.10. The summed E-state index contributed by atoms with van der Waals surface area (Å²) in [5, 5.41) is 1.38. The predicted octanol–water partition coefficient (Wildman–Crippen LogP) is 5.68. The standard InChI is InChI=1S/C16H19Cl2NOS/c1-11-6-8-20-16(11)12(2)19(3)7-9-21-15-5-4-13(17)10-14(15)18/h4-6,8,10,12H,7,9H2,1-3H3. The van der Waals surface area contributed by atoms with E-state index in [4.69, 9.17) is 27.6 Å². The number of furan rings is 1.